The van der Waals surface area contributed by atoms with Crippen LogP contribution < -0.4 is 20.3 Å². The Morgan fingerprint density at radius 3 is 2.43 bits per heavy atom. The molecule has 3 aromatic heterocycles. The number of nitrogens with one attached hydrogen (secondary N) is 2. The van der Waals surface area contributed by atoms with E-state index < -0.39 is 0 Å². The van der Waals surface area contributed by atoms with E-state index in [1.165, 1.54) is 6.42 Å². The Kier molecular flexibility index (Phi) is 12.5. The summed E-state index contributed by atoms with van der Waals surface area (Å²) in [6.07, 6.45) is 6.80. The number of pyridine rings is 1. The van der Waals surface area contributed by atoms with E-state index in [0.29, 0.717) is 49.1 Å². The number of carboxylic acid groups (broad SMARTS) is 1. The van der Waals surface area contributed by atoms with Crippen LogP contribution in [0.25, 0.3) is 11.3 Å². The minimum atomic E-state index is -0.296. The maximum atomic E-state index is 13.8. The van der Waals surface area contributed by atoms with Gasteiger partial charge >= 0.3 is 6.03 Å². The number of fused-ring (bicyclic) bond motifs is 2. The van der Waals surface area contributed by atoms with Crippen LogP contribution in [0.2, 0.25) is 5.02 Å². The third kappa shape index (κ3) is 9.09. The van der Waals surface area contributed by atoms with Crippen molar-refractivity contribution < 1.29 is 24.2 Å². The van der Waals surface area contributed by atoms with E-state index in [2.05, 4.69) is 87.8 Å². The number of anilines is 2. The van der Waals surface area contributed by atoms with E-state index in [9.17, 15) is 4.79 Å². The number of halogens is 1. The molecule has 5 heterocycles. The summed E-state index contributed by atoms with van der Waals surface area (Å²) in [5.41, 5.74) is 5.38. The Morgan fingerprint density at radius 2 is 1.71 bits per heavy atom. The molecule has 2 aliphatic heterocycles. The number of aromatic nitrogens is 5. The first-order valence-electron chi connectivity index (χ1n) is 20.2. The topological polar surface area (TPSA) is 151 Å². The highest BCUT2D eigenvalue weighted by molar-refractivity contribution is 6.31. The number of carbonyl (C=O) groups is 2. The van der Waals surface area contributed by atoms with E-state index in [4.69, 9.17) is 36.1 Å². The van der Waals surface area contributed by atoms with Crippen molar-refractivity contribution in [3.05, 3.63) is 94.3 Å². The highest BCUT2D eigenvalue weighted by atomic mass is 35.5. The van der Waals surface area contributed by atoms with Gasteiger partial charge in [0.2, 0.25) is 5.95 Å². The molecule has 58 heavy (non-hydrogen) atoms. The average molecular weight is 812 g/mol. The van der Waals surface area contributed by atoms with Gasteiger partial charge in [-0.25, -0.2) is 9.48 Å². The van der Waals surface area contributed by atoms with Crippen molar-refractivity contribution in [2.75, 3.05) is 36.5 Å². The number of ether oxygens (including phenoxy) is 2. The van der Waals surface area contributed by atoms with Crippen LogP contribution in [0.1, 0.15) is 101 Å². The van der Waals surface area contributed by atoms with Crippen molar-refractivity contribution in [3.63, 3.8) is 0 Å². The number of carbonyl (C=O) groups excluding carboxylic acids is 1. The molecule has 0 saturated carbocycles. The standard InChI is InChI=1S/C42H52ClN9O3.CH2O2/c1-27-9-8-10-28(2)51(27)41-47-46-38-18-14-31(26-50(38)41)55-36-17-16-35(32-11-6-7-12-33(32)36)44-40(53)45-39-24-37(42(3,4)5)48-52(39)30-13-15-34(43)29(23-30)25-49-19-21-54-22-20-49;2-1-3/h6-7,11-15,18,23-24,26-28,35-36H,8-10,16-17,19-22,25H2,1-5H3,(H2,44,45,53);1H,(H,2,3)/t27-,28+,35-,36+;/m0./s1. The van der Waals surface area contributed by atoms with Gasteiger partial charge in [0, 0.05) is 48.2 Å². The van der Waals surface area contributed by atoms with Crippen molar-refractivity contribution in [2.24, 2.45) is 0 Å². The van der Waals surface area contributed by atoms with Crippen molar-refractivity contribution in [2.45, 2.75) is 103 Å². The molecule has 2 fully saturated rings. The Morgan fingerprint density at radius 1 is 0.983 bits per heavy atom. The van der Waals surface area contributed by atoms with E-state index in [0.717, 1.165) is 77.8 Å². The fourth-order valence-corrected chi connectivity index (χ4v) is 8.44. The third-order valence-corrected chi connectivity index (χ3v) is 11.7. The highest BCUT2D eigenvalue weighted by Crippen LogP contribution is 2.39. The van der Waals surface area contributed by atoms with Gasteiger partial charge in [0.25, 0.3) is 6.47 Å². The SMILES string of the molecule is C[C@@H]1CCC[C@H](C)N1c1nnc2ccc(O[C@@H]3CC[C@H](NC(=O)Nc4cc(C(C)(C)C)nn4-c4ccc(Cl)c(CN5CCOCC5)c4)c4ccccc43)cn12.O=CO. The van der Waals surface area contributed by atoms with Gasteiger partial charge in [-0.2, -0.15) is 5.10 Å². The Labute approximate surface area is 344 Å². The molecule has 4 atom stereocenters. The molecule has 3 aliphatic rings. The molecule has 2 amide bonds. The quantitative estimate of drug-likeness (QED) is 0.132. The lowest BCUT2D eigenvalue weighted by Gasteiger charge is -2.39. The summed E-state index contributed by atoms with van der Waals surface area (Å²) in [4.78, 5) is 26.9. The third-order valence-electron chi connectivity index (χ3n) is 11.3. The van der Waals surface area contributed by atoms with Crippen LogP contribution in [0.15, 0.2) is 66.9 Å². The molecular formula is C43H54ClN9O5. The van der Waals surface area contributed by atoms with E-state index in [1.54, 1.807) is 0 Å². The lowest BCUT2D eigenvalue weighted by molar-refractivity contribution is -0.122. The summed E-state index contributed by atoms with van der Waals surface area (Å²) in [5, 5.41) is 28.0. The zero-order chi connectivity index (χ0) is 41.0. The largest absolute Gasteiger partial charge is 0.484 e. The summed E-state index contributed by atoms with van der Waals surface area (Å²) >= 11 is 6.69. The number of amides is 2. The van der Waals surface area contributed by atoms with Crippen LogP contribution >= 0.6 is 11.6 Å². The lowest BCUT2D eigenvalue weighted by Crippen LogP contribution is -2.44. The van der Waals surface area contributed by atoms with E-state index in [-0.39, 0.29) is 30.1 Å². The minimum Gasteiger partial charge on any atom is -0.484 e. The summed E-state index contributed by atoms with van der Waals surface area (Å²) in [6.45, 7) is 14.5. The van der Waals surface area contributed by atoms with E-state index >= 15 is 0 Å². The fourth-order valence-electron chi connectivity index (χ4n) is 8.27. The monoisotopic (exact) mass is 811 g/mol. The van der Waals surface area contributed by atoms with Crippen molar-refractivity contribution in [1.82, 2.24) is 34.6 Å². The predicted octanol–water partition coefficient (Wildman–Crippen LogP) is 7.94. The van der Waals surface area contributed by atoms with Crippen molar-refractivity contribution in [1.29, 1.82) is 0 Å². The average Bonchev–Trinajstić information content (AvgIpc) is 3.82. The maximum absolute atomic E-state index is 13.8. The van der Waals surface area contributed by atoms with Crippen molar-refractivity contribution >= 4 is 41.5 Å². The first-order chi connectivity index (χ1) is 27.9. The molecule has 8 rings (SSSR count). The first kappa shape index (κ1) is 41.0. The molecule has 0 radical (unpaired) electrons. The van der Waals surface area contributed by atoms with Gasteiger partial charge in [0.15, 0.2) is 5.65 Å². The summed E-state index contributed by atoms with van der Waals surface area (Å²) < 4.78 is 16.1. The van der Waals surface area contributed by atoms with Gasteiger partial charge in [-0.1, -0.05) is 56.6 Å². The molecule has 15 heteroatoms. The number of piperidine rings is 1. The number of benzene rings is 2. The van der Waals surface area contributed by atoms with Crippen LogP contribution in [0, 0.1) is 0 Å². The van der Waals surface area contributed by atoms with Gasteiger partial charge in [0.05, 0.1) is 36.8 Å². The lowest BCUT2D eigenvalue weighted by atomic mass is 9.85. The van der Waals surface area contributed by atoms with E-state index in [1.807, 2.05) is 53.3 Å². The number of rotatable bonds is 8. The van der Waals surface area contributed by atoms with Crippen LogP contribution in [0.3, 0.4) is 0 Å². The summed E-state index contributed by atoms with van der Waals surface area (Å²) in [6, 6.07) is 20.3. The van der Waals surface area contributed by atoms with Crippen LogP contribution in [0.5, 0.6) is 5.75 Å². The zero-order valence-corrected chi connectivity index (χ0v) is 34.7. The first-order valence-corrected chi connectivity index (χ1v) is 20.5. The number of morpholine rings is 1. The van der Waals surface area contributed by atoms with Gasteiger partial charge in [-0.3, -0.25) is 19.4 Å². The number of hydrogen-bond donors (Lipinski definition) is 3. The second-order valence-electron chi connectivity index (χ2n) is 16.4. The molecule has 2 aromatic carbocycles. The number of urea groups is 1. The molecule has 2 saturated heterocycles. The second kappa shape index (κ2) is 17.8. The summed E-state index contributed by atoms with van der Waals surface area (Å²) in [5.74, 6) is 2.21. The maximum Gasteiger partial charge on any atom is 0.320 e. The molecule has 5 aromatic rings. The molecule has 0 spiro atoms. The predicted molar refractivity (Wildman–Crippen MR) is 224 cm³/mol. The molecular weight excluding hydrogens is 758 g/mol. The Bertz CT molecular complexity index is 2200. The molecule has 308 valence electrons. The smallest absolute Gasteiger partial charge is 0.320 e. The van der Waals surface area contributed by atoms with Crippen LogP contribution in [0.4, 0.5) is 16.6 Å². The second-order valence-corrected chi connectivity index (χ2v) is 16.8. The minimum absolute atomic E-state index is 0.171. The Hall–Kier alpha value is -5.18. The van der Waals surface area contributed by atoms with Crippen LogP contribution in [-0.4, -0.2) is 85.3 Å². The molecule has 14 nitrogen and oxygen atoms in total. The number of hydrogen-bond acceptors (Lipinski definition) is 9. The zero-order valence-electron chi connectivity index (χ0n) is 33.9. The normalized spacial score (nSPS) is 21.1. The molecule has 0 unspecified atom stereocenters. The molecule has 0 bridgehead atoms. The van der Waals surface area contributed by atoms with Gasteiger partial charge < -0.3 is 24.8 Å². The highest BCUT2D eigenvalue weighted by Gasteiger charge is 2.32. The van der Waals surface area contributed by atoms with Gasteiger partial charge in [-0.05, 0) is 93.0 Å². The number of nitrogens with zero attached hydrogens (tertiary/aromatic N) is 7. The van der Waals surface area contributed by atoms with Gasteiger partial charge in [-0.15, -0.1) is 10.2 Å². The molecule has 1 aliphatic carbocycles. The molecule has 3 N–H and O–H groups in total. The van der Waals surface area contributed by atoms with Crippen molar-refractivity contribution in [3.8, 4) is 11.4 Å². The Balaban J connectivity index is 0.00000166. The van der Waals surface area contributed by atoms with Gasteiger partial charge in [0.1, 0.15) is 17.7 Å². The van der Waals surface area contributed by atoms with Crippen LogP contribution in [-0.2, 0) is 21.5 Å². The summed E-state index contributed by atoms with van der Waals surface area (Å²) in [7, 11) is 0. The fraction of sp³-hybridized carbons (Fsp3) is 0.465.